The largest absolute Gasteiger partial charge is 0.497 e. The molecule has 0 spiro atoms. The van der Waals surface area contributed by atoms with Crippen LogP contribution in [0.3, 0.4) is 0 Å². The first kappa shape index (κ1) is 10.8. The first-order valence-electron chi connectivity index (χ1n) is 6.31. The highest BCUT2D eigenvalue weighted by Gasteiger charge is 2.20. The van der Waals surface area contributed by atoms with Crippen LogP contribution in [0.15, 0.2) is 23.2 Å². The summed E-state index contributed by atoms with van der Waals surface area (Å²) in [7, 11) is 1.72. The van der Waals surface area contributed by atoms with Gasteiger partial charge in [0.1, 0.15) is 5.75 Å². The zero-order chi connectivity index (χ0) is 11.7. The molecule has 90 valence electrons. The quantitative estimate of drug-likeness (QED) is 0.801. The number of fused-ring (bicyclic) bond motifs is 1. The van der Waals surface area contributed by atoms with Crippen molar-refractivity contribution in [2.24, 2.45) is 10.9 Å². The normalized spacial score (nSPS) is 19.9. The summed E-state index contributed by atoms with van der Waals surface area (Å²) in [6.07, 6.45) is 2.48. The molecule has 2 aliphatic heterocycles. The maximum absolute atomic E-state index is 5.31. The summed E-state index contributed by atoms with van der Waals surface area (Å²) in [6, 6.07) is 6.21. The van der Waals surface area contributed by atoms with Crippen molar-refractivity contribution in [1.29, 1.82) is 0 Å². The topological polar surface area (TPSA) is 33.6 Å². The standard InChI is InChI=1S/C14H18N2O/c1-17-11-2-3-14-12(8-11)13(9-16-14)10-4-6-15-7-5-10/h2-3,8,10,15H,4-7,9H2,1H3. The van der Waals surface area contributed by atoms with Gasteiger partial charge in [-0.15, -0.1) is 0 Å². The molecule has 3 heteroatoms. The van der Waals surface area contributed by atoms with Crippen molar-refractivity contribution in [3.8, 4) is 5.75 Å². The van der Waals surface area contributed by atoms with E-state index >= 15 is 0 Å². The number of piperidine rings is 1. The lowest BCUT2D eigenvalue weighted by atomic mass is 9.89. The Labute approximate surface area is 101 Å². The number of benzene rings is 1. The second-order valence-corrected chi connectivity index (χ2v) is 4.75. The molecule has 0 atom stereocenters. The van der Waals surface area contributed by atoms with Crippen molar-refractivity contribution in [1.82, 2.24) is 5.32 Å². The number of hydrogen-bond acceptors (Lipinski definition) is 3. The molecular weight excluding hydrogens is 212 g/mol. The summed E-state index contributed by atoms with van der Waals surface area (Å²) < 4.78 is 5.31. The van der Waals surface area contributed by atoms with Crippen molar-refractivity contribution in [2.45, 2.75) is 12.8 Å². The highest BCUT2D eigenvalue weighted by molar-refractivity contribution is 5.53. The Kier molecular flexibility index (Phi) is 2.85. The first-order valence-corrected chi connectivity index (χ1v) is 6.31. The zero-order valence-electron chi connectivity index (χ0n) is 10.2. The van der Waals surface area contributed by atoms with E-state index in [-0.39, 0.29) is 0 Å². The predicted octanol–water partition coefficient (Wildman–Crippen LogP) is 0.479. The number of nitrogens with one attached hydrogen (secondary N) is 1. The minimum absolute atomic E-state index is 0.702. The van der Waals surface area contributed by atoms with Crippen LogP contribution in [0.25, 0.3) is 5.57 Å². The van der Waals surface area contributed by atoms with Gasteiger partial charge in [0.15, 0.2) is 0 Å². The highest BCUT2D eigenvalue weighted by Crippen LogP contribution is 2.22. The number of methoxy groups -OCH3 is 1. The summed E-state index contributed by atoms with van der Waals surface area (Å²) in [5, 5.41) is 5.87. The monoisotopic (exact) mass is 230 g/mol. The fourth-order valence-electron chi connectivity index (χ4n) is 2.81. The van der Waals surface area contributed by atoms with Crippen LogP contribution in [-0.2, 0) is 0 Å². The van der Waals surface area contributed by atoms with Crippen LogP contribution in [0.5, 0.6) is 5.75 Å². The molecule has 1 aromatic carbocycles. The van der Waals surface area contributed by atoms with E-state index in [9.17, 15) is 0 Å². The third kappa shape index (κ3) is 1.95. The summed E-state index contributed by atoms with van der Waals surface area (Å²) >= 11 is 0. The fraction of sp³-hybridized carbons (Fsp3) is 0.500. The Morgan fingerprint density at radius 2 is 2.12 bits per heavy atom. The number of hydrogen-bond donors (Lipinski definition) is 1. The summed E-state index contributed by atoms with van der Waals surface area (Å²) in [6.45, 7) is 3.15. The second-order valence-electron chi connectivity index (χ2n) is 4.75. The third-order valence-corrected chi connectivity index (χ3v) is 3.80. The average Bonchev–Trinajstić information content (AvgIpc) is 2.82. The van der Waals surface area contributed by atoms with Crippen molar-refractivity contribution >= 4 is 5.57 Å². The average molecular weight is 230 g/mol. The van der Waals surface area contributed by atoms with E-state index in [1.54, 1.807) is 7.11 Å². The van der Waals surface area contributed by atoms with E-state index in [0.29, 0.717) is 5.92 Å². The summed E-state index contributed by atoms with van der Waals surface area (Å²) in [4.78, 5) is 4.62. The van der Waals surface area contributed by atoms with Gasteiger partial charge in [-0.1, -0.05) is 0 Å². The smallest absolute Gasteiger partial charge is 0.119 e. The van der Waals surface area contributed by atoms with Crippen LogP contribution in [0.4, 0.5) is 0 Å². The molecule has 3 rings (SSSR count). The van der Waals surface area contributed by atoms with Crippen LogP contribution in [0, 0.1) is 5.92 Å². The minimum Gasteiger partial charge on any atom is -0.497 e. The fourth-order valence-corrected chi connectivity index (χ4v) is 2.81. The van der Waals surface area contributed by atoms with Gasteiger partial charge in [0, 0.05) is 5.22 Å². The van der Waals surface area contributed by atoms with Crippen molar-refractivity contribution in [3.05, 3.63) is 28.8 Å². The Morgan fingerprint density at radius 1 is 1.29 bits per heavy atom. The molecule has 1 fully saturated rings. The van der Waals surface area contributed by atoms with Gasteiger partial charge in [-0.05, 0) is 55.6 Å². The Balaban J connectivity index is 2.05. The van der Waals surface area contributed by atoms with E-state index in [0.717, 1.165) is 30.7 Å². The van der Waals surface area contributed by atoms with Gasteiger partial charge in [0.2, 0.25) is 0 Å². The van der Waals surface area contributed by atoms with E-state index in [2.05, 4.69) is 22.4 Å². The Bertz CT molecular complexity index is 530. The number of rotatable bonds is 2. The minimum atomic E-state index is 0.702. The molecule has 17 heavy (non-hydrogen) atoms. The molecule has 0 amide bonds. The van der Waals surface area contributed by atoms with Crippen LogP contribution < -0.4 is 20.6 Å². The Morgan fingerprint density at radius 3 is 2.88 bits per heavy atom. The van der Waals surface area contributed by atoms with Crippen LogP contribution in [-0.4, -0.2) is 26.7 Å². The molecule has 1 aromatic rings. The van der Waals surface area contributed by atoms with Gasteiger partial charge < -0.3 is 10.1 Å². The van der Waals surface area contributed by atoms with E-state index < -0.39 is 0 Å². The molecule has 0 saturated carbocycles. The van der Waals surface area contributed by atoms with Crippen LogP contribution in [0.2, 0.25) is 0 Å². The van der Waals surface area contributed by atoms with Gasteiger partial charge in [-0.25, -0.2) is 0 Å². The maximum Gasteiger partial charge on any atom is 0.119 e. The second kappa shape index (κ2) is 4.49. The van der Waals surface area contributed by atoms with Gasteiger partial charge in [-0.3, -0.25) is 4.99 Å². The predicted molar refractivity (Wildman–Crippen MR) is 67.6 cm³/mol. The molecule has 2 aliphatic rings. The SMILES string of the molecule is COc1ccc2c(c1)=C(C1CCNCC1)CN=2. The lowest BCUT2D eigenvalue weighted by Crippen LogP contribution is -2.32. The van der Waals surface area contributed by atoms with Gasteiger partial charge in [0.25, 0.3) is 0 Å². The van der Waals surface area contributed by atoms with E-state index in [1.165, 1.54) is 23.6 Å². The molecule has 0 aliphatic carbocycles. The molecule has 1 N–H and O–H groups in total. The van der Waals surface area contributed by atoms with E-state index in [1.807, 2.05) is 6.07 Å². The van der Waals surface area contributed by atoms with Gasteiger partial charge in [-0.2, -0.15) is 0 Å². The summed E-state index contributed by atoms with van der Waals surface area (Å²) in [5.74, 6) is 1.64. The lowest BCUT2D eigenvalue weighted by Gasteiger charge is -2.23. The molecule has 0 unspecified atom stereocenters. The summed E-state index contributed by atoms with van der Waals surface area (Å²) in [5.41, 5.74) is 1.51. The zero-order valence-corrected chi connectivity index (χ0v) is 10.2. The van der Waals surface area contributed by atoms with E-state index in [4.69, 9.17) is 4.74 Å². The molecule has 0 radical (unpaired) electrons. The molecule has 0 aromatic heterocycles. The van der Waals surface area contributed by atoms with Crippen LogP contribution >= 0.6 is 0 Å². The molecule has 1 saturated heterocycles. The van der Waals surface area contributed by atoms with Gasteiger partial charge >= 0.3 is 0 Å². The number of ether oxygens (including phenoxy) is 1. The maximum atomic E-state index is 5.31. The number of nitrogens with zero attached hydrogens (tertiary/aromatic N) is 1. The highest BCUT2D eigenvalue weighted by atomic mass is 16.5. The van der Waals surface area contributed by atoms with Crippen molar-refractivity contribution in [3.63, 3.8) is 0 Å². The van der Waals surface area contributed by atoms with Gasteiger partial charge in [0.05, 0.1) is 19.0 Å². The lowest BCUT2D eigenvalue weighted by molar-refractivity contribution is 0.414. The van der Waals surface area contributed by atoms with Crippen molar-refractivity contribution < 1.29 is 4.74 Å². The molecule has 2 heterocycles. The third-order valence-electron chi connectivity index (χ3n) is 3.80. The molecule has 0 bridgehead atoms. The molecule has 3 nitrogen and oxygen atoms in total. The van der Waals surface area contributed by atoms with Crippen molar-refractivity contribution in [2.75, 3.05) is 26.7 Å². The first-order chi connectivity index (χ1) is 8.38. The van der Waals surface area contributed by atoms with Crippen LogP contribution in [0.1, 0.15) is 12.8 Å². The Hall–Kier alpha value is -1.35. The molecular formula is C14H18N2O.